The molecule has 1 aliphatic heterocycles. The van der Waals surface area contributed by atoms with Gasteiger partial charge in [-0.3, -0.25) is 4.79 Å². The Hall–Kier alpha value is -2.63. The Morgan fingerprint density at radius 2 is 1.81 bits per heavy atom. The Morgan fingerprint density at radius 1 is 1.04 bits per heavy atom. The Kier molecular flexibility index (Phi) is 3.76. The van der Waals surface area contributed by atoms with Gasteiger partial charge in [-0.15, -0.1) is 0 Å². The van der Waals surface area contributed by atoms with E-state index in [1.807, 2.05) is 29.2 Å². The van der Waals surface area contributed by atoms with E-state index in [1.165, 1.54) is 12.8 Å². The molecule has 3 heterocycles. The van der Waals surface area contributed by atoms with Crippen molar-refractivity contribution in [2.45, 2.75) is 25.7 Å². The molecule has 1 amide bonds. The van der Waals surface area contributed by atoms with Gasteiger partial charge >= 0.3 is 0 Å². The zero-order valence-electron chi connectivity index (χ0n) is 14.7. The molecule has 6 nitrogen and oxygen atoms in total. The number of carbonyl (C=O) groups is 1. The highest BCUT2D eigenvalue weighted by molar-refractivity contribution is 6.05. The first-order valence-electron chi connectivity index (χ1n) is 9.47. The summed E-state index contributed by atoms with van der Waals surface area (Å²) in [6.07, 6.45) is 6.12. The van der Waals surface area contributed by atoms with Crippen LogP contribution in [0.1, 0.15) is 25.7 Å². The van der Waals surface area contributed by atoms with Crippen molar-refractivity contribution in [3.63, 3.8) is 0 Å². The van der Waals surface area contributed by atoms with Crippen LogP contribution in [-0.4, -0.2) is 47.0 Å². The molecule has 26 heavy (non-hydrogen) atoms. The van der Waals surface area contributed by atoms with Crippen molar-refractivity contribution < 1.29 is 9.21 Å². The summed E-state index contributed by atoms with van der Waals surface area (Å²) in [6.45, 7) is 3.06. The Labute approximate surface area is 151 Å². The molecule has 0 spiro atoms. The first-order chi connectivity index (χ1) is 12.8. The van der Waals surface area contributed by atoms with Crippen molar-refractivity contribution in [1.29, 1.82) is 0 Å². The van der Waals surface area contributed by atoms with Gasteiger partial charge in [0.1, 0.15) is 17.4 Å². The first kappa shape index (κ1) is 15.6. The zero-order valence-corrected chi connectivity index (χ0v) is 14.7. The van der Waals surface area contributed by atoms with Gasteiger partial charge in [-0.05, 0) is 25.0 Å². The molecule has 5 rings (SSSR count). The third-order valence-electron chi connectivity index (χ3n) is 5.73. The molecule has 1 aromatic carbocycles. The van der Waals surface area contributed by atoms with Crippen LogP contribution in [0.5, 0.6) is 0 Å². The highest BCUT2D eigenvalue weighted by Crippen LogP contribution is 2.33. The number of hydrogen-bond donors (Lipinski definition) is 0. The summed E-state index contributed by atoms with van der Waals surface area (Å²) in [7, 11) is 0. The van der Waals surface area contributed by atoms with Gasteiger partial charge in [0.15, 0.2) is 11.4 Å². The molecule has 134 valence electrons. The molecule has 2 aromatic heterocycles. The van der Waals surface area contributed by atoms with E-state index in [-0.39, 0.29) is 5.92 Å². The summed E-state index contributed by atoms with van der Waals surface area (Å²) in [5, 5.41) is 1.01. The lowest BCUT2D eigenvalue weighted by Gasteiger charge is -2.36. The number of furan rings is 1. The Morgan fingerprint density at radius 3 is 2.62 bits per heavy atom. The SMILES string of the molecule is O=C(C1CCCC1)N1CCN(c2ncnc3c2oc2ccccc23)CC1. The van der Waals surface area contributed by atoms with E-state index < -0.39 is 0 Å². The average Bonchev–Trinajstić information content (AvgIpc) is 3.35. The van der Waals surface area contributed by atoms with Crippen LogP contribution in [0.4, 0.5) is 5.82 Å². The fraction of sp³-hybridized carbons (Fsp3) is 0.450. The minimum atomic E-state index is 0.252. The first-order valence-corrected chi connectivity index (χ1v) is 9.47. The third-order valence-corrected chi connectivity index (χ3v) is 5.73. The number of piperazine rings is 1. The third kappa shape index (κ3) is 2.52. The lowest BCUT2D eigenvalue weighted by atomic mass is 10.1. The number of rotatable bonds is 2. The van der Waals surface area contributed by atoms with E-state index in [0.29, 0.717) is 5.91 Å². The van der Waals surface area contributed by atoms with Crippen LogP contribution in [0, 0.1) is 5.92 Å². The lowest BCUT2D eigenvalue weighted by molar-refractivity contribution is -0.135. The van der Waals surface area contributed by atoms with Crippen LogP contribution in [0.25, 0.3) is 22.1 Å². The second-order valence-electron chi connectivity index (χ2n) is 7.27. The minimum absolute atomic E-state index is 0.252. The predicted octanol–water partition coefficient (Wildman–Crippen LogP) is 3.21. The van der Waals surface area contributed by atoms with Crippen molar-refractivity contribution in [2.75, 3.05) is 31.1 Å². The van der Waals surface area contributed by atoms with Gasteiger partial charge in [0.2, 0.25) is 5.91 Å². The molecular weight excluding hydrogens is 328 g/mol. The van der Waals surface area contributed by atoms with Crippen molar-refractivity contribution in [3.8, 4) is 0 Å². The lowest BCUT2D eigenvalue weighted by Crippen LogP contribution is -2.50. The monoisotopic (exact) mass is 350 g/mol. The summed E-state index contributed by atoms with van der Waals surface area (Å²) in [5.41, 5.74) is 2.43. The summed E-state index contributed by atoms with van der Waals surface area (Å²) >= 11 is 0. The molecule has 1 saturated heterocycles. The molecule has 2 fully saturated rings. The maximum atomic E-state index is 12.6. The number of anilines is 1. The van der Waals surface area contributed by atoms with Gasteiger partial charge in [-0.2, -0.15) is 0 Å². The minimum Gasteiger partial charge on any atom is -0.450 e. The van der Waals surface area contributed by atoms with Crippen LogP contribution in [0.15, 0.2) is 35.0 Å². The van der Waals surface area contributed by atoms with E-state index >= 15 is 0 Å². The molecule has 0 bridgehead atoms. The van der Waals surface area contributed by atoms with E-state index in [2.05, 4.69) is 14.9 Å². The van der Waals surface area contributed by atoms with Gasteiger partial charge in [0, 0.05) is 37.5 Å². The average molecular weight is 350 g/mol. The van der Waals surface area contributed by atoms with Crippen molar-refractivity contribution in [3.05, 3.63) is 30.6 Å². The van der Waals surface area contributed by atoms with Crippen LogP contribution in [0.3, 0.4) is 0 Å². The second kappa shape index (κ2) is 6.27. The molecule has 1 saturated carbocycles. The maximum absolute atomic E-state index is 12.6. The number of hydrogen-bond acceptors (Lipinski definition) is 5. The maximum Gasteiger partial charge on any atom is 0.225 e. The molecule has 3 aromatic rings. The smallest absolute Gasteiger partial charge is 0.225 e. The molecule has 6 heteroatoms. The number of benzene rings is 1. The number of nitrogens with zero attached hydrogens (tertiary/aromatic N) is 4. The second-order valence-corrected chi connectivity index (χ2v) is 7.27. The fourth-order valence-corrected chi connectivity index (χ4v) is 4.31. The van der Waals surface area contributed by atoms with Crippen LogP contribution >= 0.6 is 0 Å². The molecule has 2 aliphatic rings. The van der Waals surface area contributed by atoms with E-state index in [4.69, 9.17) is 4.42 Å². The molecule has 1 aliphatic carbocycles. The summed E-state index contributed by atoms with van der Waals surface area (Å²) in [4.78, 5) is 25.8. The molecule has 0 radical (unpaired) electrons. The quantitative estimate of drug-likeness (QED) is 0.710. The van der Waals surface area contributed by atoms with Crippen LogP contribution in [0.2, 0.25) is 0 Å². The Bertz CT molecular complexity index is 953. The topological polar surface area (TPSA) is 62.5 Å². The summed E-state index contributed by atoms with van der Waals surface area (Å²) < 4.78 is 6.05. The Balaban J connectivity index is 1.39. The van der Waals surface area contributed by atoms with Crippen molar-refractivity contribution >= 4 is 33.8 Å². The van der Waals surface area contributed by atoms with Gasteiger partial charge < -0.3 is 14.2 Å². The number of para-hydroxylation sites is 1. The van der Waals surface area contributed by atoms with Crippen molar-refractivity contribution in [1.82, 2.24) is 14.9 Å². The highest BCUT2D eigenvalue weighted by Gasteiger charge is 2.30. The van der Waals surface area contributed by atoms with E-state index in [1.54, 1.807) is 6.33 Å². The predicted molar refractivity (Wildman–Crippen MR) is 100 cm³/mol. The van der Waals surface area contributed by atoms with Gasteiger partial charge in [-0.25, -0.2) is 9.97 Å². The normalized spacial score (nSPS) is 18.9. The van der Waals surface area contributed by atoms with E-state index in [0.717, 1.165) is 66.9 Å². The molecule has 0 unspecified atom stereocenters. The number of carbonyl (C=O) groups excluding carboxylic acids is 1. The van der Waals surface area contributed by atoms with Gasteiger partial charge in [-0.1, -0.05) is 25.0 Å². The zero-order chi connectivity index (χ0) is 17.5. The highest BCUT2D eigenvalue weighted by atomic mass is 16.3. The number of fused-ring (bicyclic) bond motifs is 3. The standard InChI is InChI=1S/C20H22N4O2/c25-20(14-5-1-2-6-14)24-11-9-23(10-12-24)19-18-17(21-13-22-19)15-7-3-4-8-16(15)26-18/h3-4,7-8,13-14H,1-2,5-6,9-12H2. The summed E-state index contributed by atoms with van der Waals surface area (Å²) in [6, 6.07) is 7.94. The van der Waals surface area contributed by atoms with Gasteiger partial charge in [0.05, 0.1) is 0 Å². The largest absolute Gasteiger partial charge is 0.450 e. The van der Waals surface area contributed by atoms with Crippen LogP contribution in [-0.2, 0) is 4.79 Å². The van der Waals surface area contributed by atoms with Crippen molar-refractivity contribution in [2.24, 2.45) is 5.92 Å². The molecular formula is C20H22N4O2. The molecule has 0 atom stereocenters. The van der Waals surface area contributed by atoms with Crippen LogP contribution < -0.4 is 4.90 Å². The summed E-state index contributed by atoms with van der Waals surface area (Å²) in [5.74, 6) is 1.43. The van der Waals surface area contributed by atoms with E-state index in [9.17, 15) is 4.79 Å². The number of aromatic nitrogens is 2. The fourth-order valence-electron chi connectivity index (χ4n) is 4.31. The number of amides is 1. The molecule has 0 N–H and O–H groups in total. The van der Waals surface area contributed by atoms with Gasteiger partial charge in [0.25, 0.3) is 0 Å².